The van der Waals surface area contributed by atoms with Gasteiger partial charge in [-0.2, -0.15) is 0 Å². The molecule has 1 heterocycles. The normalized spacial score (nSPS) is 15.7. The molecular formula is C14H19Cl2N3O. The summed E-state index contributed by atoms with van der Waals surface area (Å²) in [7, 11) is 1.93. The number of hydrogen-bond donors (Lipinski definition) is 1. The van der Waals surface area contributed by atoms with Gasteiger partial charge in [0.2, 0.25) is 5.91 Å². The van der Waals surface area contributed by atoms with E-state index in [0.29, 0.717) is 23.1 Å². The summed E-state index contributed by atoms with van der Waals surface area (Å²) in [6.45, 7) is 4.43. The van der Waals surface area contributed by atoms with Gasteiger partial charge in [0.15, 0.2) is 0 Å². The first kappa shape index (κ1) is 15.6. The van der Waals surface area contributed by atoms with Crippen LogP contribution in [-0.4, -0.2) is 55.5 Å². The largest absolute Gasteiger partial charge is 0.339 e. The van der Waals surface area contributed by atoms with Gasteiger partial charge < -0.3 is 10.2 Å². The highest BCUT2D eigenvalue weighted by molar-refractivity contribution is 6.42. The monoisotopic (exact) mass is 315 g/mol. The van der Waals surface area contributed by atoms with Crippen LogP contribution < -0.4 is 5.32 Å². The Hall–Kier alpha value is -0.810. The molecule has 0 aliphatic carbocycles. The Morgan fingerprint density at radius 2 is 2.00 bits per heavy atom. The molecule has 1 fully saturated rings. The molecule has 1 saturated heterocycles. The number of halogens is 2. The zero-order valence-corrected chi connectivity index (χ0v) is 13.0. The van der Waals surface area contributed by atoms with E-state index in [4.69, 9.17) is 23.2 Å². The van der Waals surface area contributed by atoms with Gasteiger partial charge in [-0.15, -0.1) is 0 Å². The van der Waals surface area contributed by atoms with Gasteiger partial charge in [-0.3, -0.25) is 9.69 Å². The lowest BCUT2D eigenvalue weighted by Gasteiger charge is -2.29. The number of nitrogens with one attached hydrogen (secondary N) is 1. The third kappa shape index (κ3) is 4.35. The maximum absolute atomic E-state index is 12.1. The van der Waals surface area contributed by atoms with Gasteiger partial charge in [0.05, 0.1) is 16.6 Å². The Morgan fingerprint density at radius 3 is 2.65 bits per heavy atom. The number of nitrogens with zero attached hydrogens (tertiary/aromatic N) is 2. The van der Waals surface area contributed by atoms with Gasteiger partial charge in [-0.25, -0.2) is 0 Å². The fourth-order valence-electron chi connectivity index (χ4n) is 2.25. The summed E-state index contributed by atoms with van der Waals surface area (Å²) in [4.78, 5) is 16.0. The lowest BCUT2D eigenvalue weighted by Crippen LogP contribution is -2.49. The molecule has 0 spiro atoms. The molecule has 0 atom stereocenters. The molecular weight excluding hydrogens is 297 g/mol. The molecule has 1 aliphatic rings. The minimum atomic E-state index is 0.175. The number of carbonyl (C=O) groups excluding carboxylic acids is 1. The second-order valence-electron chi connectivity index (χ2n) is 5.05. The van der Waals surface area contributed by atoms with Crippen molar-refractivity contribution < 1.29 is 4.79 Å². The van der Waals surface area contributed by atoms with Crippen molar-refractivity contribution in [3.63, 3.8) is 0 Å². The van der Waals surface area contributed by atoms with Crippen molar-refractivity contribution in [2.24, 2.45) is 0 Å². The quantitative estimate of drug-likeness (QED) is 0.921. The van der Waals surface area contributed by atoms with E-state index < -0.39 is 0 Å². The third-order valence-electron chi connectivity index (χ3n) is 3.31. The van der Waals surface area contributed by atoms with Crippen LogP contribution in [0.3, 0.4) is 0 Å². The summed E-state index contributed by atoms with van der Waals surface area (Å²) in [5.74, 6) is 0.175. The van der Waals surface area contributed by atoms with Crippen LogP contribution in [0.15, 0.2) is 18.2 Å². The van der Waals surface area contributed by atoms with Crippen molar-refractivity contribution in [3.05, 3.63) is 33.8 Å². The van der Waals surface area contributed by atoms with Gasteiger partial charge in [-0.05, 0) is 24.7 Å². The minimum absolute atomic E-state index is 0.175. The Labute approximate surface area is 129 Å². The van der Waals surface area contributed by atoms with Crippen molar-refractivity contribution >= 4 is 29.1 Å². The molecule has 2 rings (SSSR count). The summed E-state index contributed by atoms with van der Waals surface area (Å²) in [5, 5.41) is 4.34. The van der Waals surface area contributed by atoms with Gasteiger partial charge >= 0.3 is 0 Å². The molecule has 1 N–H and O–H groups in total. The van der Waals surface area contributed by atoms with Crippen LogP contribution in [0.2, 0.25) is 10.0 Å². The molecule has 0 bridgehead atoms. The number of likely N-dealkylation sites (N-methyl/N-ethyl adjacent to an activating group) is 1. The number of rotatable bonds is 4. The number of amides is 1. The van der Waals surface area contributed by atoms with E-state index in [1.54, 1.807) is 6.07 Å². The maximum atomic E-state index is 12.1. The molecule has 1 aromatic rings. The molecule has 0 aromatic heterocycles. The first-order valence-corrected chi connectivity index (χ1v) is 7.43. The van der Waals surface area contributed by atoms with Crippen molar-refractivity contribution in [3.8, 4) is 0 Å². The Morgan fingerprint density at radius 1 is 1.30 bits per heavy atom. The fourth-order valence-corrected chi connectivity index (χ4v) is 2.57. The lowest BCUT2D eigenvalue weighted by molar-refractivity contribution is -0.132. The van der Waals surface area contributed by atoms with Crippen molar-refractivity contribution in [2.45, 2.75) is 6.54 Å². The highest BCUT2D eigenvalue weighted by Crippen LogP contribution is 2.23. The topological polar surface area (TPSA) is 35.6 Å². The van der Waals surface area contributed by atoms with E-state index in [2.05, 4.69) is 5.32 Å². The molecule has 0 saturated carbocycles. The number of piperazine rings is 1. The summed E-state index contributed by atoms with van der Waals surface area (Å²) in [6.07, 6.45) is 0. The average Bonchev–Trinajstić information content (AvgIpc) is 2.44. The van der Waals surface area contributed by atoms with Crippen LogP contribution in [0.4, 0.5) is 0 Å². The second-order valence-corrected chi connectivity index (χ2v) is 5.87. The molecule has 1 amide bonds. The number of carbonyl (C=O) groups is 1. The molecule has 0 unspecified atom stereocenters. The van der Waals surface area contributed by atoms with E-state index in [-0.39, 0.29) is 5.91 Å². The third-order valence-corrected chi connectivity index (χ3v) is 4.05. The fraction of sp³-hybridized carbons (Fsp3) is 0.500. The van der Waals surface area contributed by atoms with E-state index in [0.717, 1.165) is 31.7 Å². The zero-order chi connectivity index (χ0) is 14.5. The van der Waals surface area contributed by atoms with Crippen LogP contribution in [0, 0.1) is 0 Å². The summed E-state index contributed by atoms with van der Waals surface area (Å²) in [6, 6.07) is 5.56. The zero-order valence-electron chi connectivity index (χ0n) is 11.5. The van der Waals surface area contributed by atoms with Gasteiger partial charge in [0.1, 0.15) is 0 Å². The van der Waals surface area contributed by atoms with Crippen LogP contribution in [0.25, 0.3) is 0 Å². The standard InChI is InChI=1S/C14H19Cl2N3O/c1-18(9-11-2-3-12(15)13(16)8-11)10-14(20)19-6-4-17-5-7-19/h2-3,8,17H,4-7,9-10H2,1H3. The molecule has 110 valence electrons. The number of benzene rings is 1. The average molecular weight is 316 g/mol. The predicted octanol–water partition coefficient (Wildman–Crippen LogP) is 1.86. The first-order chi connectivity index (χ1) is 9.56. The Bertz CT molecular complexity index is 475. The molecule has 0 radical (unpaired) electrons. The highest BCUT2D eigenvalue weighted by Gasteiger charge is 2.17. The van der Waals surface area contributed by atoms with Crippen LogP contribution >= 0.6 is 23.2 Å². The van der Waals surface area contributed by atoms with Crippen LogP contribution in [0.5, 0.6) is 0 Å². The first-order valence-electron chi connectivity index (χ1n) is 6.67. The second kappa shape index (κ2) is 7.27. The summed E-state index contributed by atoms with van der Waals surface area (Å²) < 4.78 is 0. The minimum Gasteiger partial charge on any atom is -0.339 e. The highest BCUT2D eigenvalue weighted by atomic mass is 35.5. The summed E-state index contributed by atoms with van der Waals surface area (Å²) >= 11 is 11.9. The Kier molecular flexibility index (Phi) is 5.66. The molecule has 20 heavy (non-hydrogen) atoms. The lowest BCUT2D eigenvalue weighted by atomic mass is 10.2. The molecule has 1 aromatic carbocycles. The molecule has 1 aliphatic heterocycles. The summed E-state index contributed by atoms with van der Waals surface area (Å²) in [5.41, 5.74) is 1.05. The van der Waals surface area contributed by atoms with Crippen molar-refractivity contribution in [2.75, 3.05) is 39.8 Å². The van der Waals surface area contributed by atoms with Crippen LogP contribution in [0.1, 0.15) is 5.56 Å². The van der Waals surface area contributed by atoms with Gasteiger partial charge in [-0.1, -0.05) is 29.3 Å². The van der Waals surface area contributed by atoms with Crippen LogP contribution in [-0.2, 0) is 11.3 Å². The van der Waals surface area contributed by atoms with Crippen molar-refractivity contribution in [1.82, 2.24) is 15.1 Å². The van der Waals surface area contributed by atoms with Gasteiger partial charge in [0.25, 0.3) is 0 Å². The SMILES string of the molecule is CN(CC(=O)N1CCNCC1)Cc1ccc(Cl)c(Cl)c1. The van der Waals surface area contributed by atoms with E-state index >= 15 is 0 Å². The van der Waals surface area contributed by atoms with E-state index in [1.807, 2.05) is 29.0 Å². The predicted molar refractivity (Wildman–Crippen MR) is 82.2 cm³/mol. The smallest absolute Gasteiger partial charge is 0.236 e. The van der Waals surface area contributed by atoms with Gasteiger partial charge in [0, 0.05) is 32.7 Å². The maximum Gasteiger partial charge on any atom is 0.236 e. The van der Waals surface area contributed by atoms with E-state index in [9.17, 15) is 4.79 Å². The van der Waals surface area contributed by atoms with E-state index in [1.165, 1.54) is 0 Å². The van der Waals surface area contributed by atoms with Crippen molar-refractivity contribution in [1.29, 1.82) is 0 Å². The number of hydrogen-bond acceptors (Lipinski definition) is 3. The molecule has 4 nitrogen and oxygen atoms in total. The molecule has 6 heteroatoms. The Balaban J connectivity index is 1.86.